The van der Waals surface area contributed by atoms with Crippen LogP contribution in [0, 0.1) is 0 Å². The van der Waals surface area contributed by atoms with Gasteiger partial charge in [0.05, 0.1) is 12.1 Å². The van der Waals surface area contributed by atoms with E-state index in [4.69, 9.17) is 4.52 Å². The molecular formula is C22H21N5O. The Hall–Kier alpha value is -3.25. The molecule has 1 saturated heterocycles. The van der Waals surface area contributed by atoms with Gasteiger partial charge in [-0.2, -0.15) is 0 Å². The van der Waals surface area contributed by atoms with Gasteiger partial charge in [0, 0.05) is 43.2 Å². The van der Waals surface area contributed by atoms with Gasteiger partial charge >= 0.3 is 0 Å². The Morgan fingerprint density at radius 2 is 1.64 bits per heavy atom. The standard InChI is InChI=1S/C22H21N5O/c1-2-6-17(7-3-1)21-14-18(28-25-21)15-26-10-12-27(13-11-26)22-19-8-4-5-9-20(19)23-16-24-22/h1-9,14,16H,10-13,15H2. The summed E-state index contributed by atoms with van der Waals surface area (Å²) in [7, 11) is 0. The predicted molar refractivity (Wildman–Crippen MR) is 109 cm³/mol. The molecule has 140 valence electrons. The van der Waals surface area contributed by atoms with Gasteiger partial charge in [-0.3, -0.25) is 4.90 Å². The number of piperazine rings is 1. The van der Waals surface area contributed by atoms with Crippen molar-refractivity contribution in [1.29, 1.82) is 0 Å². The molecule has 0 bridgehead atoms. The molecule has 1 aliphatic heterocycles. The van der Waals surface area contributed by atoms with Crippen molar-refractivity contribution >= 4 is 16.7 Å². The molecule has 4 aromatic rings. The first-order valence-electron chi connectivity index (χ1n) is 9.55. The summed E-state index contributed by atoms with van der Waals surface area (Å²) in [6.45, 7) is 4.55. The highest BCUT2D eigenvalue weighted by molar-refractivity contribution is 5.89. The second-order valence-electron chi connectivity index (χ2n) is 7.02. The molecular weight excluding hydrogens is 350 g/mol. The van der Waals surface area contributed by atoms with Crippen LogP contribution in [0.5, 0.6) is 0 Å². The van der Waals surface area contributed by atoms with Crippen LogP contribution in [0.25, 0.3) is 22.2 Å². The number of benzene rings is 2. The average Bonchev–Trinajstić information content (AvgIpc) is 3.23. The molecule has 0 saturated carbocycles. The summed E-state index contributed by atoms with van der Waals surface area (Å²) in [6.07, 6.45) is 1.66. The normalized spacial score (nSPS) is 15.2. The summed E-state index contributed by atoms with van der Waals surface area (Å²) in [5, 5.41) is 5.33. The van der Waals surface area contributed by atoms with E-state index in [-0.39, 0.29) is 0 Å². The van der Waals surface area contributed by atoms with Gasteiger partial charge in [0.1, 0.15) is 17.8 Å². The first-order valence-corrected chi connectivity index (χ1v) is 9.55. The minimum atomic E-state index is 0.776. The molecule has 6 heteroatoms. The molecule has 28 heavy (non-hydrogen) atoms. The average molecular weight is 371 g/mol. The Bertz CT molecular complexity index is 1070. The largest absolute Gasteiger partial charge is 0.359 e. The molecule has 0 spiro atoms. The molecule has 2 aromatic carbocycles. The van der Waals surface area contributed by atoms with Crippen LogP contribution in [-0.2, 0) is 6.54 Å². The van der Waals surface area contributed by atoms with Crippen LogP contribution < -0.4 is 4.90 Å². The number of hydrogen-bond donors (Lipinski definition) is 0. The minimum Gasteiger partial charge on any atom is -0.359 e. The van der Waals surface area contributed by atoms with E-state index in [1.54, 1.807) is 6.33 Å². The summed E-state index contributed by atoms with van der Waals surface area (Å²) >= 11 is 0. The maximum absolute atomic E-state index is 5.57. The van der Waals surface area contributed by atoms with E-state index in [0.29, 0.717) is 0 Å². The molecule has 5 rings (SSSR count). The zero-order valence-corrected chi connectivity index (χ0v) is 15.5. The van der Waals surface area contributed by atoms with Crippen LogP contribution in [0.4, 0.5) is 5.82 Å². The van der Waals surface area contributed by atoms with Gasteiger partial charge in [0.25, 0.3) is 0 Å². The van der Waals surface area contributed by atoms with E-state index >= 15 is 0 Å². The summed E-state index contributed by atoms with van der Waals surface area (Å²) in [4.78, 5) is 13.7. The number of fused-ring (bicyclic) bond motifs is 1. The number of nitrogens with zero attached hydrogens (tertiary/aromatic N) is 5. The van der Waals surface area contributed by atoms with Crippen molar-refractivity contribution in [2.75, 3.05) is 31.1 Å². The van der Waals surface area contributed by atoms with Gasteiger partial charge in [0.2, 0.25) is 0 Å². The van der Waals surface area contributed by atoms with Crippen LogP contribution in [0.15, 0.2) is 71.5 Å². The van der Waals surface area contributed by atoms with Crippen LogP contribution in [0.1, 0.15) is 5.76 Å². The van der Waals surface area contributed by atoms with E-state index in [9.17, 15) is 0 Å². The molecule has 0 amide bonds. The Morgan fingerprint density at radius 1 is 0.857 bits per heavy atom. The number of hydrogen-bond acceptors (Lipinski definition) is 6. The maximum Gasteiger partial charge on any atom is 0.151 e. The van der Waals surface area contributed by atoms with Crippen molar-refractivity contribution < 1.29 is 4.52 Å². The zero-order chi connectivity index (χ0) is 18.8. The van der Waals surface area contributed by atoms with Crippen LogP contribution in [0.3, 0.4) is 0 Å². The maximum atomic E-state index is 5.57. The van der Waals surface area contributed by atoms with E-state index in [1.807, 2.05) is 54.6 Å². The summed E-state index contributed by atoms with van der Waals surface area (Å²) in [6, 6.07) is 20.3. The molecule has 0 aliphatic carbocycles. The fraction of sp³-hybridized carbons (Fsp3) is 0.227. The lowest BCUT2D eigenvalue weighted by atomic mass is 10.1. The Balaban J connectivity index is 1.25. The molecule has 6 nitrogen and oxygen atoms in total. The van der Waals surface area contributed by atoms with Crippen molar-refractivity contribution in [2.24, 2.45) is 0 Å². The van der Waals surface area contributed by atoms with Gasteiger partial charge in [0.15, 0.2) is 5.76 Å². The SMILES string of the molecule is c1ccc(-c2cc(CN3CCN(c4ncnc5ccccc45)CC3)on2)cc1. The first kappa shape index (κ1) is 16.9. The summed E-state index contributed by atoms with van der Waals surface area (Å²) in [5.41, 5.74) is 2.96. The quantitative estimate of drug-likeness (QED) is 0.546. The van der Waals surface area contributed by atoms with Crippen molar-refractivity contribution in [2.45, 2.75) is 6.54 Å². The third-order valence-electron chi connectivity index (χ3n) is 5.20. The van der Waals surface area contributed by atoms with Gasteiger partial charge in [-0.15, -0.1) is 0 Å². The Kier molecular flexibility index (Phi) is 4.47. The van der Waals surface area contributed by atoms with E-state index in [0.717, 1.165) is 66.5 Å². The molecule has 0 radical (unpaired) electrons. The second kappa shape index (κ2) is 7.40. The molecule has 1 fully saturated rings. The lowest BCUT2D eigenvalue weighted by Gasteiger charge is -2.35. The highest BCUT2D eigenvalue weighted by Crippen LogP contribution is 2.24. The van der Waals surface area contributed by atoms with E-state index < -0.39 is 0 Å². The monoisotopic (exact) mass is 371 g/mol. The second-order valence-corrected chi connectivity index (χ2v) is 7.02. The van der Waals surface area contributed by atoms with Crippen molar-refractivity contribution in [3.8, 4) is 11.3 Å². The van der Waals surface area contributed by atoms with Crippen LogP contribution in [0.2, 0.25) is 0 Å². The number of aromatic nitrogens is 3. The minimum absolute atomic E-state index is 0.776. The molecule has 0 N–H and O–H groups in total. The topological polar surface area (TPSA) is 58.3 Å². The summed E-state index contributed by atoms with van der Waals surface area (Å²) in [5.74, 6) is 1.93. The molecule has 0 unspecified atom stereocenters. The van der Waals surface area contributed by atoms with Gasteiger partial charge in [-0.05, 0) is 12.1 Å². The number of anilines is 1. The third-order valence-corrected chi connectivity index (χ3v) is 5.20. The molecule has 1 aliphatic rings. The smallest absolute Gasteiger partial charge is 0.151 e. The van der Waals surface area contributed by atoms with Crippen molar-refractivity contribution in [3.05, 3.63) is 72.8 Å². The lowest BCUT2D eigenvalue weighted by molar-refractivity contribution is 0.219. The van der Waals surface area contributed by atoms with Crippen LogP contribution >= 0.6 is 0 Å². The van der Waals surface area contributed by atoms with E-state index in [2.05, 4.69) is 31.0 Å². The zero-order valence-electron chi connectivity index (χ0n) is 15.5. The highest BCUT2D eigenvalue weighted by atomic mass is 16.5. The number of rotatable bonds is 4. The number of para-hydroxylation sites is 1. The van der Waals surface area contributed by atoms with Crippen molar-refractivity contribution in [1.82, 2.24) is 20.0 Å². The van der Waals surface area contributed by atoms with Gasteiger partial charge < -0.3 is 9.42 Å². The summed E-state index contributed by atoms with van der Waals surface area (Å²) < 4.78 is 5.57. The van der Waals surface area contributed by atoms with Crippen LogP contribution in [-0.4, -0.2) is 46.2 Å². The fourth-order valence-electron chi connectivity index (χ4n) is 3.71. The molecule has 0 atom stereocenters. The van der Waals surface area contributed by atoms with E-state index in [1.165, 1.54) is 0 Å². The Morgan fingerprint density at radius 3 is 2.50 bits per heavy atom. The first-order chi connectivity index (χ1) is 13.9. The highest BCUT2D eigenvalue weighted by Gasteiger charge is 2.21. The van der Waals surface area contributed by atoms with Gasteiger partial charge in [-0.25, -0.2) is 9.97 Å². The molecule has 3 heterocycles. The predicted octanol–water partition coefficient (Wildman–Crippen LogP) is 3.61. The lowest BCUT2D eigenvalue weighted by Crippen LogP contribution is -2.46. The molecule has 2 aromatic heterocycles. The Labute approximate surface area is 163 Å². The van der Waals surface area contributed by atoms with Crippen molar-refractivity contribution in [3.63, 3.8) is 0 Å². The third kappa shape index (κ3) is 3.34. The van der Waals surface area contributed by atoms with Gasteiger partial charge in [-0.1, -0.05) is 47.6 Å². The fourth-order valence-corrected chi connectivity index (χ4v) is 3.71.